The van der Waals surface area contributed by atoms with Crippen LogP contribution in [-0.2, 0) is 16.0 Å². The van der Waals surface area contributed by atoms with Gasteiger partial charge in [0, 0.05) is 18.0 Å². The number of pyridine rings is 1. The fourth-order valence-corrected chi connectivity index (χ4v) is 3.69. The van der Waals surface area contributed by atoms with E-state index >= 15 is 0 Å². The smallest absolute Gasteiger partial charge is 0.268 e. The predicted molar refractivity (Wildman–Crippen MR) is 114 cm³/mol. The number of rotatable bonds is 4. The second-order valence-corrected chi connectivity index (χ2v) is 7.39. The summed E-state index contributed by atoms with van der Waals surface area (Å²) in [4.78, 5) is 27.1. The Bertz CT molecular complexity index is 1460. The van der Waals surface area contributed by atoms with Crippen molar-refractivity contribution < 1.29 is 9.53 Å². The minimum absolute atomic E-state index is 0.0657. The molecular formula is C21H17N9O2. The summed E-state index contributed by atoms with van der Waals surface area (Å²) in [6.45, 7) is 1.02. The van der Waals surface area contributed by atoms with E-state index in [0.29, 0.717) is 36.6 Å². The first-order valence-corrected chi connectivity index (χ1v) is 10.1. The summed E-state index contributed by atoms with van der Waals surface area (Å²) in [6, 6.07) is 9.83. The predicted octanol–water partition coefficient (Wildman–Crippen LogP) is 1.04. The molecule has 4 aromatic heterocycles. The third-order valence-electron chi connectivity index (χ3n) is 5.27. The molecule has 1 aliphatic rings. The first-order valence-electron chi connectivity index (χ1n) is 10.1. The lowest BCUT2D eigenvalue weighted by Gasteiger charge is -2.25. The van der Waals surface area contributed by atoms with Crippen LogP contribution in [0.4, 0.5) is 0 Å². The van der Waals surface area contributed by atoms with Crippen LogP contribution in [0.2, 0.25) is 0 Å². The summed E-state index contributed by atoms with van der Waals surface area (Å²) >= 11 is 0. The Labute approximate surface area is 181 Å². The summed E-state index contributed by atoms with van der Waals surface area (Å²) in [5.41, 5.74) is 3.79. The fourth-order valence-electron chi connectivity index (χ4n) is 3.69. The maximum atomic E-state index is 12.0. The molecule has 5 heterocycles. The Morgan fingerprint density at radius 3 is 3.00 bits per heavy atom. The third kappa shape index (κ3) is 3.24. The maximum absolute atomic E-state index is 12.0. The lowest BCUT2D eigenvalue weighted by molar-refractivity contribution is -0.128. The molecule has 1 saturated heterocycles. The zero-order chi connectivity index (χ0) is 21.5. The second kappa shape index (κ2) is 7.46. The summed E-state index contributed by atoms with van der Waals surface area (Å²) in [5.74, 6) is 0.483. The average Bonchev–Trinajstić information content (AvgIpc) is 3.46. The highest BCUT2D eigenvalue weighted by Crippen LogP contribution is 2.19. The second-order valence-electron chi connectivity index (χ2n) is 7.39. The van der Waals surface area contributed by atoms with Crippen LogP contribution in [0.25, 0.3) is 27.8 Å². The van der Waals surface area contributed by atoms with E-state index in [1.165, 1.54) is 0 Å². The molecule has 0 bridgehead atoms. The van der Waals surface area contributed by atoms with Crippen molar-refractivity contribution >= 4 is 28.0 Å². The van der Waals surface area contributed by atoms with Gasteiger partial charge in [0.05, 0.1) is 42.9 Å². The van der Waals surface area contributed by atoms with Crippen LogP contribution < -0.4 is 5.01 Å². The van der Waals surface area contributed by atoms with E-state index < -0.39 is 0 Å². The summed E-state index contributed by atoms with van der Waals surface area (Å²) in [6.07, 6.45) is 7.40. The number of aromatic nitrogens is 8. The number of hydrogen-bond acceptors (Lipinski definition) is 8. The van der Waals surface area contributed by atoms with E-state index in [2.05, 4.69) is 25.4 Å². The molecule has 158 valence electrons. The van der Waals surface area contributed by atoms with Crippen LogP contribution in [0.1, 0.15) is 11.4 Å². The molecule has 0 unspecified atom stereocenters. The minimum Gasteiger partial charge on any atom is -0.370 e. The third-order valence-corrected chi connectivity index (χ3v) is 5.27. The molecule has 0 aliphatic carbocycles. The highest BCUT2D eigenvalue weighted by Gasteiger charge is 2.21. The van der Waals surface area contributed by atoms with Gasteiger partial charge >= 0.3 is 0 Å². The molecule has 0 saturated carbocycles. The van der Waals surface area contributed by atoms with Gasteiger partial charge in [0.2, 0.25) is 0 Å². The topological polar surface area (TPSA) is 117 Å². The number of morpholine rings is 1. The van der Waals surface area contributed by atoms with Gasteiger partial charge in [-0.2, -0.15) is 14.6 Å². The van der Waals surface area contributed by atoms with Gasteiger partial charge in [0.25, 0.3) is 5.91 Å². The monoisotopic (exact) mass is 427 g/mol. The molecule has 5 aromatic rings. The first-order chi connectivity index (χ1) is 15.7. The molecule has 6 rings (SSSR count). The highest BCUT2D eigenvalue weighted by molar-refractivity contribution is 5.87. The van der Waals surface area contributed by atoms with Crippen molar-refractivity contribution in [1.29, 1.82) is 0 Å². The van der Waals surface area contributed by atoms with E-state index in [-0.39, 0.29) is 12.5 Å². The number of hydrogen-bond donors (Lipinski definition) is 0. The van der Waals surface area contributed by atoms with Gasteiger partial charge in [-0.3, -0.25) is 9.78 Å². The van der Waals surface area contributed by atoms with Gasteiger partial charge in [-0.1, -0.05) is 17.3 Å². The molecule has 11 heteroatoms. The van der Waals surface area contributed by atoms with Gasteiger partial charge in [0.15, 0.2) is 11.2 Å². The van der Waals surface area contributed by atoms with Gasteiger partial charge < -0.3 is 4.74 Å². The number of fused-ring (bicyclic) bond motifs is 2. The van der Waals surface area contributed by atoms with Gasteiger partial charge in [0.1, 0.15) is 12.4 Å². The van der Waals surface area contributed by atoms with Crippen molar-refractivity contribution in [1.82, 2.24) is 39.8 Å². The van der Waals surface area contributed by atoms with Crippen LogP contribution in [-0.4, -0.2) is 65.5 Å². The highest BCUT2D eigenvalue weighted by atomic mass is 16.5. The van der Waals surface area contributed by atoms with Crippen molar-refractivity contribution in [2.75, 3.05) is 24.8 Å². The Morgan fingerprint density at radius 2 is 2.06 bits per heavy atom. The van der Waals surface area contributed by atoms with Gasteiger partial charge in [-0.05, 0) is 23.8 Å². The van der Waals surface area contributed by atoms with Crippen molar-refractivity contribution in [3.05, 3.63) is 66.5 Å². The Hall–Kier alpha value is -4.25. The number of amides is 1. The van der Waals surface area contributed by atoms with Crippen LogP contribution in [0, 0.1) is 0 Å². The molecule has 0 N–H and O–H groups in total. The molecule has 1 fully saturated rings. The number of ether oxygens (including phenoxy) is 1. The lowest BCUT2D eigenvalue weighted by Crippen LogP contribution is -2.48. The molecule has 32 heavy (non-hydrogen) atoms. The normalized spacial score (nSPS) is 14.5. The molecule has 0 atom stereocenters. The Morgan fingerprint density at radius 1 is 1.09 bits per heavy atom. The van der Waals surface area contributed by atoms with Crippen molar-refractivity contribution in [2.24, 2.45) is 0 Å². The minimum atomic E-state index is -0.122. The van der Waals surface area contributed by atoms with E-state index in [1.54, 1.807) is 39.3 Å². The Kier molecular flexibility index (Phi) is 4.32. The molecular weight excluding hydrogens is 410 g/mol. The first kappa shape index (κ1) is 18.5. The largest absolute Gasteiger partial charge is 0.370 e. The van der Waals surface area contributed by atoms with Crippen molar-refractivity contribution in [3.8, 4) is 5.69 Å². The zero-order valence-corrected chi connectivity index (χ0v) is 16.9. The fraction of sp³-hybridized carbons (Fsp3) is 0.190. The molecule has 11 nitrogen and oxygen atoms in total. The number of carbonyl (C=O) groups is 1. The van der Waals surface area contributed by atoms with Crippen LogP contribution in [0.15, 0.2) is 55.1 Å². The van der Waals surface area contributed by atoms with Crippen molar-refractivity contribution in [2.45, 2.75) is 6.42 Å². The van der Waals surface area contributed by atoms with Crippen molar-refractivity contribution in [3.63, 3.8) is 0 Å². The van der Waals surface area contributed by atoms with E-state index in [1.807, 2.05) is 30.3 Å². The SMILES string of the molecule is O=C1COCCN1n1cc(Cc2ncc3nnn(-c4ccc5cccnc5c4)c3n2)cn1. The molecule has 1 aromatic carbocycles. The number of nitrogens with zero attached hydrogens (tertiary/aromatic N) is 9. The van der Waals surface area contributed by atoms with Crippen LogP contribution >= 0.6 is 0 Å². The average molecular weight is 427 g/mol. The summed E-state index contributed by atoms with van der Waals surface area (Å²) in [5, 5.41) is 15.4. The maximum Gasteiger partial charge on any atom is 0.268 e. The summed E-state index contributed by atoms with van der Waals surface area (Å²) in [7, 11) is 0. The van der Waals surface area contributed by atoms with E-state index in [9.17, 15) is 4.79 Å². The molecule has 1 amide bonds. The number of carbonyl (C=O) groups excluding carboxylic acids is 1. The lowest BCUT2D eigenvalue weighted by atomic mass is 10.2. The van der Waals surface area contributed by atoms with Gasteiger partial charge in [-0.15, -0.1) is 5.10 Å². The molecule has 1 aliphatic heterocycles. The summed E-state index contributed by atoms with van der Waals surface area (Å²) < 4.78 is 6.86. The quantitative estimate of drug-likeness (QED) is 0.418. The van der Waals surface area contributed by atoms with Gasteiger partial charge in [-0.25, -0.2) is 15.0 Å². The van der Waals surface area contributed by atoms with Crippen LogP contribution in [0.3, 0.4) is 0 Å². The molecule has 0 radical (unpaired) electrons. The zero-order valence-electron chi connectivity index (χ0n) is 16.9. The number of benzene rings is 1. The molecule has 0 spiro atoms. The van der Waals surface area contributed by atoms with E-state index in [4.69, 9.17) is 9.72 Å². The standard InChI is InChI=1S/C21H17N9O2/c31-20-13-32-7-6-28(20)29-12-14(10-24-29)8-19-23-11-18-21(25-19)30(27-26-18)16-4-3-15-2-1-5-22-17(15)9-16/h1-5,9-12H,6-8,13H2. The van der Waals surface area contributed by atoms with Crippen LogP contribution in [0.5, 0.6) is 0 Å². The van der Waals surface area contributed by atoms with E-state index in [0.717, 1.165) is 22.2 Å². The Balaban J connectivity index is 1.31.